The lowest BCUT2D eigenvalue weighted by Crippen LogP contribution is -2.34. The fourth-order valence-electron chi connectivity index (χ4n) is 1.01. The standard InChI is InChI=1S/C8H17NO/c1-5-7(2)8(6-10)9(3)4/h6-8H,5H2,1-4H3. The second kappa shape index (κ2) is 4.45. The van der Waals surface area contributed by atoms with Gasteiger partial charge < -0.3 is 4.79 Å². The Morgan fingerprint density at radius 3 is 2.10 bits per heavy atom. The van der Waals surface area contributed by atoms with Crippen molar-refractivity contribution >= 4 is 6.29 Å². The smallest absolute Gasteiger partial charge is 0.137 e. The third-order valence-corrected chi connectivity index (χ3v) is 1.96. The molecule has 0 aliphatic heterocycles. The summed E-state index contributed by atoms with van der Waals surface area (Å²) < 4.78 is 0. The van der Waals surface area contributed by atoms with Crippen LogP contribution >= 0.6 is 0 Å². The molecular formula is C8H17NO. The van der Waals surface area contributed by atoms with Gasteiger partial charge in [0, 0.05) is 0 Å². The van der Waals surface area contributed by atoms with Crippen molar-refractivity contribution < 1.29 is 4.79 Å². The summed E-state index contributed by atoms with van der Waals surface area (Å²) in [4.78, 5) is 12.5. The van der Waals surface area contributed by atoms with Crippen molar-refractivity contribution in [1.29, 1.82) is 0 Å². The van der Waals surface area contributed by atoms with Gasteiger partial charge in [0.25, 0.3) is 0 Å². The van der Waals surface area contributed by atoms with Crippen LogP contribution in [0.2, 0.25) is 0 Å². The molecule has 0 amide bonds. The molecule has 2 unspecified atom stereocenters. The number of rotatable bonds is 4. The Morgan fingerprint density at radius 1 is 1.50 bits per heavy atom. The molecule has 0 bridgehead atoms. The first kappa shape index (κ1) is 9.63. The van der Waals surface area contributed by atoms with E-state index in [1.165, 1.54) is 0 Å². The Kier molecular flexibility index (Phi) is 4.28. The second-order valence-electron chi connectivity index (χ2n) is 2.98. The lowest BCUT2D eigenvalue weighted by Gasteiger charge is -2.23. The minimum absolute atomic E-state index is 0.0880. The summed E-state index contributed by atoms with van der Waals surface area (Å²) in [6.07, 6.45) is 2.08. The van der Waals surface area contributed by atoms with Crippen molar-refractivity contribution in [3.63, 3.8) is 0 Å². The Hall–Kier alpha value is -0.370. The number of aldehydes is 1. The fourth-order valence-corrected chi connectivity index (χ4v) is 1.01. The minimum atomic E-state index is 0.0880. The van der Waals surface area contributed by atoms with Crippen molar-refractivity contribution in [2.24, 2.45) is 5.92 Å². The van der Waals surface area contributed by atoms with Gasteiger partial charge in [0.1, 0.15) is 6.29 Å². The first-order valence-corrected chi connectivity index (χ1v) is 3.75. The lowest BCUT2D eigenvalue weighted by atomic mass is 10.00. The summed E-state index contributed by atoms with van der Waals surface area (Å²) in [5, 5.41) is 0. The summed E-state index contributed by atoms with van der Waals surface area (Å²) in [5.74, 6) is 0.465. The van der Waals surface area contributed by atoms with Gasteiger partial charge in [-0.05, 0) is 20.0 Å². The molecule has 0 spiro atoms. The Bertz CT molecular complexity index is 101. The molecule has 0 radical (unpaired) electrons. The maximum absolute atomic E-state index is 10.5. The molecular weight excluding hydrogens is 126 g/mol. The van der Waals surface area contributed by atoms with Crippen molar-refractivity contribution in [2.75, 3.05) is 14.1 Å². The monoisotopic (exact) mass is 143 g/mol. The van der Waals surface area contributed by atoms with Crippen LogP contribution in [0.1, 0.15) is 20.3 Å². The van der Waals surface area contributed by atoms with E-state index >= 15 is 0 Å². The molecule has 0 aliphatic rings. The van der Waals surface area contributed by atoms with Crippen LogP contribution in [-0.4, -0.2) is 31.3 Å². The molecule has 0 saturated heterocycles. The van der Waals surface area contributed by atoms with Crippen LogP contribution in [0.4, 0.5) is 0 Å². The highest BCUT2D eigenvalue weighted by molar-refractivity contribution is 5.57. The quantitative estimate of drug-likeness (QED) is 0.550. The molecule has 0 rings (SSSR count). The highest BCUT2D eigenvalue weighted by Crippen LogP contribution is 2.09. The maximum atomic E-state index is 10.5. The third-order valence-electron chi connectivity index (χ3n) is 1.96. The van der Waals surface area contributed by atoms with Gasteiger partial charge in [-0.25, -0.2) is 0 Å². The zero-order valence-electron chi connectivity index (χ0n) is 7.29. The molecule has 2 nitrogen and oxygen atoms in total. The van der Waals surface area contributed by atoms with E-state index in [9.17, 15) is 4.79 Å². The van der Waals surface area contributed by atoms with E-state index in [0.29, 0.717) is 5.92 Å². The van der Waals surface area contributed by atoms with E-state index in [1.807, 2.05) is 19.0 Å². The second-order valence-corrected chi connectivity index (χ2v) is 2.98. The molecule has 2 atom stereocenters. The van der Waals surface area contributed by atoms with Crippen LogP contribution in [0.15, 0.2) is 0 Å². The highest BCUT2D eigenvalue weighted by atomic mass is 16.1. The zero-order valence-corrected chi connectivity index (χ0v) is 7.29. The van der Waals surface area contributed by atoms with E-state index in [-0.39, 0.29) is 6.04 Å². The van der Waals surface area contributed by atoms with Gasteiger partial charge >= 0.3 is 0 Å². The molecule has 10 heavy (non-hydrogen) atoms. The van der Waals surface area contributed by atoms with Crippen LogP contribution in [0.25, 0.3) is 0 Å². The number of nitrogens with zero attached hydrogens (tertiary/aromatic N) is 1. The van der Waals surface area contributed by atoms with Crippen molar-refractivity contribution in [3.8, 4) is 0 Å². The van der Waals surface area contributed by atoms with E-state index in [4.69, 9.17) is 0 Å². The first-order valence-electron chi connectivity index (χ1n) is 3.75. The van der Waals surface area contributed by atoms with Gasteiger partial charge in [-0.2, -0.15) is 0 Å². The third kappa shape index (κ3) is 2.48. The zero-order chi connectivity index (χ0) is 8.15. The largest absolute Gasteiger partial charge is 0.302 e. The van der Waals surface area contributed by atoms with Gasteiger partial charge in [0.2, 0.25) is 0 Å². The topological polar surface area (TPSA) is 20.3 Å². The lowest BCUT2D eigenvalue weighted by molar-refractivity contribution is -0.113. The average Bonchev–Trinajstić information content (AvgIpc) is 1.88. The molecule has 0 N–H and O–H groups in total. The molecule has 0 saturated carbocycles. The minimum Gasteiger partial charge on any atom is -0.302 e. The number of carbonyl (C=O) groups excluding carboxylic acids is 1. The number of carbonyl (C=O) groups is 1. The predicted octanol–water partition coefficient (Wildman–Crippen LogP) is 1.16. The molecule has 0 aromatic rings. The van der Waals surface area contributed by atoms with Crippen molar-refractivity contribution in [1.82, 2.24) is 4.90 Å². The molecule has 60 valence electrons. The van der Waals surface area contributed by atoms with Crippen molar-refractivity contribution in [2.45, 2.75) is 26.3 Å². The summed E-state index contributed by atoms with van der Waals surface area (Å²) >= 11 is 0. The van der Waals surface area contributed by atoms with Crippen LogP contribution < -0.4 is 0 Å². The van der Waals surface area contributed by atoms with E-state index < -0.39 is 0 Å². The summed E-state index contributed by atoms with van der Waals surface area (Å²) in [6, 6.07) is 0.0880. The van der Waals surface area contributed by atoms with E-state index in [2.05, 4.69) is 13.8 Å². The van der Waals surface area contributed by atoms with Gasteiger partial charge in [-0.15, -0.1) is 0 Å². The molecule has 2 heteroatoms. The summed E-state index contributed by atoms with van der Waals surface area (Å²) in [5.41, 5.74) is 0. The SMILES string of the molecule is CCC(C)C(C=O)N(C)C. The maximum Gasteiger partial charge on any atom is 0.137 e. The summed E-state index contributed by atoms with van der Waals surface area (Å²) in [7, 11) is 3.87. The van der Waals surface area contributed by atoms with Crippen molar-refractivity contribution in [3.05, 3.63) is 0 Å². The highest BCUT2D eigenvalue weighted by Gasteiger charge is 2.15. The molecule has 0 heterocycles. The Labute approximate surface area is 63.2 Å². The van der Waals surface area contributed by atoms with Gasteiger partial charge in [-0.1, -0.05) is 20.3 Å². The van der Waals surface area contributed by atoms with Crippen LogP contribution in [0, 0.1) is 5.92 Å². The van der Waals surface area contributed by atoms with Crippen LogP contribution in [-0.2, 0) is 4.79 Å². The van der Waals surface area contributed by atoms with E-state index in [0.717, 1.165) is 12.7 Å². The van der Waals surface area contributed by atoms with Crippen LogP contribution in [0.3, 0.4) is 0 Å². The number of hydrogen-bond acceptors (Lipinski definition) is 2. The predicted molar refractivity (Wildman–Crippen MR) is 43.0 cm³/mol. The average molecular weight is 143 g/mol. The molecule has 0 fully saturated rings. The van der Waals surface area contributed by atoms with Crippen LogP contribution in [0.5, 0.6) is 0 Å². The van der Waals surface area contributed by atoms with Gasteiger partial charge in [0.15, 0.2) is 0 Å². The molecule has 0 aromatic heterocycles. The fraction of sp³-hybridized carbons (Fsp3) is 0.875. The van der Waals surface area contributed by atoms with Gasteiger partial charge in [-0.3, -0.25) is 4.90 Å². The number of hydrogen-bond donors (Lipinski definition) is 0. The van der Waals surface area contributed by atoms with E-state index in [1.54, 1.807) is 0 Å². The molecule has 0 aliphatic carbocycles. The van der Waals surface area contributed by atoms with Gasteiger partial charge in [0.05, 0.1) is 6.04 Å². The first-order chi connectivity index (χ1) is 4.63. The summed E-state index contributed by atoms with van der Waals surface area (Å²) in [6.45, 7) is 4.20. The Balaban J connectivity index is 3.92. The molecule has 0 aromatic carbocycles. The number of likely N-dealkylation sites (N-methyl/N-ethyl adjacent to an activating group) is 1. The normalized spacial score (nSPS) is 16.9. The Morgan fingerprint density at radius 2 is 2.00 bits per heavy atom.